The first-order valence-electron chi connectivity index (χ1n) is 4.92. The minimum Gasteiger partial charge on any atom is -0.102 e. The van der Waals surface area contributed by atoms with Gasteiger partial charge in [0.2, 0.25) is 0 Å². The third-order valence-corrected chi connectivity index (χ3v) is 2.65. The molecule has 0 aromatic heterocycles. The van der Waals surface area contributed by atoms with Crippen LogP contribution in [0.15, 0.2) is 55.1 Å². The van der Waals surface area contributed by atoms with Crippen molar-refractivity contribution in [1.82, 2.24) is 0 Å². The van der Waals surface area contributed by atoms with Gasteiger partial charge in [0.25, 0.3) is 0 Å². The number of rotatable bonds is 2. The maximum absolute atomic E-state index is 3.82. The molecule has 0 saturated heterocycles. The molecule has 0 spiro atoms. The van der Waals surface area contributed by atoms with Crippen molar-refractivity contribution in [2.45, 2.75) is 12.8 Å². The molecule has 0 aliphatic rings. The summed E-state index contributed by atoms with van der Waals surface area (Å²) in [6.45, 7) is 5.98. The molecule has 0 heteroatoms. The van der Waals surface area contributed by atoms with Gasteiger partial charge in [-0.2, -0.15) is 0 Å². The van der Waals surface area contributed by atoms with Crippen LogP contribution in [-0.4, -0.2) is 0 Å². The standard InChI is InChI=1S/C14H14/c1-3-11(2)13-9-8-12-6-4-5-7-14(12)10-13/h3-11H,1H2,2H3/t11-/m1/s1. The summed E-state index contributed by atoms with van der Waals surface area (Å²) in [7, 11) is 0. The van der Waals surface area contributed by atoms with E-state index >= 15 is 0 Å². The monoisotopic (exact) mass is 182 g/mol. The van der Waals surface area contributed by atoms with Gasteiger partial charge in [-0.1, -0.05) is 55.5 Å². The second kappa shape index (κ2) is 3.67. The van der Waals surface area contributed by atoms with Gasteiger partial charge in [-0.3, -0.25) is 0 Å². The van der Waals surface area contributed by atoms with E-state index in [0.717, 1.165) is 0 Å². The Labute approximate surface area is 84.9 Å². The van der Waals surface area contributed by atoms with Gasteiger partial charge in [0.1, 0.15) is 0 Å². The molecule has 0 fully saturated rings. The SMILES string of the molecule is C=C[C@@H](C)c1ccc2ccccc2c1. The fourth-order valence-electron chi connectivity index (χ4n) is 1.63. The van der Waals surface area contributed by atoms with Crippen molar-refractivity contribution in [1.29, 1.82) is 0 Å². The number of hydrogen-bond donors (Lipinski definition) is 0. The van der Waals surface area contributed by atoms with Gasteiger partial charge in [-0.05, 0) is 22.3 Å². The largest absolute Gasteiger partial charge is 0.102 e. The molecule has 1 atom stereocenters. The number of allylic oxidation sites excluding steroid dienone is 1. The summed E-state index contributed by atoms with van der Waals surface area (Å²) in [6.07, 6.45) is 1.98. The Kier molecular flexibility index (Phi) is 2.36. The molecule has 0 unspecified atom stereocenters. The lowest BCUT2D eigenvalue weighted by molar-refractivity contribution is 0.974. The summed E-state index contributed by atoms with van der Waals surface area (Å²) in [5.41, 5.74) is 1.33. The molecule has 0 saturated carbocycles. The van der Waals surface area contributed by atoms with Gasteiger partial charge < -0.3 is 0 Å². The second-order valence-electron chi connectivity index (χ2n) is 3.63. The lowest BCUT2D eigenvalue weighted by Gasteiger charge is -2.07. The molecule has 2 rings (SSSR count). The lowest BCUT2D eigenvalue weighted by Crippen LogP contribution is -1.87. The first kappa shape index (κ1) is 9.01. The first-order valence-corrected chi connectivity index (χ1v) is 4.92. The van der Waals surface area contributed by atoms with E-state index < -0.39 is 0 Å². The molecule has 0 aliphatic heterocycles. The van der Waals surface area contributed by atoms with Crippen molar-refractivity contribution in [2.24, 2.45) is 0 Å². The van der Waals surface area contributed by atoms with E-state index in [1.807, 2.05) is 6.08 Å². The van der Waals surface area contributed by atoms with Crippen LogP contribution in [0, 0.1) is 0 Å². The van der Waals surface area contributed by atoms with Crippen molar-refractivity contribution >= 4 is 10.8 Å². The predicted molar refractivity (Wildman–Crippen MR) is 62.6 cm³/mol. The number of benzene rings is 2. The Morgan fingerprint density at radius 2 is 1.79 bits per heavy atom. The minimum atomic E-state index is 0.430. The van der Waals surface area contributed by atoms with Crippen molar-refractivity contribution in [2.75, 3.05) is 0 Å². The van der Waals surface area contributed by atoms with Gasteiger partial charge in [0, 0.05) is 0 Å². The van der Waals surface area contributed by atoms with Crippen LogP contribution in [0.2, 0.25) is 0 Å². The number of hydrogen-bond acceptors (Lipinski definition) is 0. The minimum absolute atomic E-state index is 0.430. The normalized spacial score (nSPS) is 12.6. The molecular formula is C14H14. The average molecular weight is 182 g/mol. The van der Waals surface area contributed by atoms with E-state index in [-0.39, 0.29) is 0 Å². The van der Waals surface area contributed by atoms with Crippen molar-refractivity contribution in [3.05, 3.63) is 60.7 Å². The summed E-state index contributed by atoms with van der Waals surface area (Å²) < 4.78 is 0. The molecule has 14 heavy (non-hydrogen) atoms. The molecule has 70 valence electrons. The van der Waals surface area contributed by atoms with Gasteiger partial charge in [0.15, 0.2) is 0 Å². The van der Waals surface area contributed by atoms with Crippen LogP contribution in [0.25, 0.3) is 10.8 Å². The van der Waals surface area contributed by atoms with Crippen molar-refractivity contribution in [3.8, 4) is 0 Å². The quantitative estimate of drug-likeness (QED) is 0.612. The molecule has 0 radical (unpaired) electrons. The van der Waals surface area contributed by atoms with Crippen LogP contribution in [0.5, 0.6) is 0 Å². The van der Waals surface area contributed by atoms with Crippen LogP contribution in [0.4, 0.5) is 0 Å². The Morgan fingerprint density at radius 1 is 1.07 bits per heavy atom. The summed E-state index contributed by atoms with van der Waals surface area (Å²) in [5, 5.41) is 2.60. The van der Waals surface area contributed by atoms with Gasteiger partial charge in [0.05, 0.1) is 0 Å². The molecular weight excluding hydrogens is 168 g/mol. The fourth-order valence-corrected chi connectivity index (χ4v) is 1.63. The van der Waals surface area contributed by atoms with Crippen LogP contribution in [0.3, 0.4) is 0 Å². The Hall–Kier alpha value is -1.56. The zero-order valence-electron chi connectivity index (χ0n) is 8.40. The van der Waals surface area contributed by atoms with E-state index in [1.54, 1.807) is 0 Å². The van der Waals surface area contributed by atoms with Gasteiger partial charge in [-0.15, -0.1) is 6.58 Å². The third kappa shape index (κ3) is 1.56. The van der Waals surface area contributed by atoms with Gasteiger partial charge >= 0.3 is 0 Å². The van der Waals surface area contributed by atoms with E-state index in [2.05, 4.69) is 56.0 Å². The highest BCUT2D eigenvalue weighted by Gasteiger charge is 2.00. The van der Waals surface area contributed by atoms with Crippen molar-refractivity contribution < 1.29 is 0 Å². The molecule has 2 aromatic carbocycles. The van der Waals surface area contributed by atoms with Crippen LogP contribution < -0.4 is 0 Å². The topological polar surface area (TPSA) is 0 Å². The van der Waals surface area contributed by atoms with E-state index in [4.69, 9.17) is 0 Å². The maximum Gasteiger partial charge on any atom is -0.00129 e. The van der Waals surface area contributed by atoms with Crippen LogP contribution in [-0.2, 0) is 0 Å². The van der Waals surface area contributed by atoms with Crippen LogP contribution >= 0.6 is 0 Å². The van der Waals surface area contributed by atoms with E-state index in [0.29, 0.717) is 5.92 Å². The highest BCUT2D eigenvalue weighted by atomic mass is 14.1. The van der Waals surface area contributed by atoms with Crippen molar-refractivity contribution in [3.63, 3.8) is 0 Å². The summed E-state index contributed by atoms with van der Waals surface area (Å²) >= 11 is 0. The lowest BCUT2D eigenvalue weighted by atomic mass is 9.98. The van der Waals surface area contributed by atoms with Crippen LogP contribution in [0.1, 0.15) is 18.4 Å². The molecule has 0 amide bonds. The molecule has 0 N–H and O–H groups in total. The summed E-state index contributed by atoms with van der Waals surface area (Å²) in [6, 6.07) is 15.0. The predicted octanol–water partition coefficient (Wildman–Crippen LogP) is 4.13. The zero-order chi connectivity index (χ0) is 9.97. The second-order valence-corrected chi connectivity index (χ2v) is 3.63. The maximum atomic E-state index is 3.82. The Morgan fingerprint density at radius 3 is 2.50 bits per heavy atom. The molecule has 0 nitrogen and oxygen atoms in total. The Bertz CT molecular complexity index is 454. The van der Waals surface area contributed by atoms with Gasteiger partial charge in [-0.25, -0.2) is 0 Å². The molecule has 0 aliphatic carbocycles. The third-order valence-electron chi connectivity index (χ3n) is 2.65. The summed E-state index contributed by atoms with van der Waals surface area (Å²) in [5.74, 6) is 0.430. The summed E-state index contributed by atoms with van der Waals surface area (Å²) in [4.78, 5) is 0. The Balaban J connectivity index is 2.56. The zero-order valence-corrected chi connectivity index (χ0v) is 8.40. The molecule has 0 bridgehead atoms. The fraction of sp³-hybridized carbons (Fsp3) is 0.143. The molecule has 0 heterocycles. The number of fused-ring (bicyclic) bond motifs is 1. The molecule has 2 aromatic rings. The smallest absolute Gasteiger partial charge is 0.00129 e. The van der Waals surface area contributed by atoms with E-state index in [1.165, 1.54) is 16.3 Å². The first-order chi connectivity index (χ1) is 6.81. The highest BCUT2D eigenvalue weighted by molar-refractivity contribution is 5.83. The van der Waals surface area contributed by atoms with E-state index in [9.17, 15) is 0 Å². The average Bonchev–Trinajstić information content (AvgIpc) is 2.27. The highest BCUT2D eigenvalue weighted by Crippen LogP contribution is 2.21.